The number of piperidine rings is 1. The number of hydrogen-bond acceptors (Lipinski definition) is 4. The van der Waals surface area contributed by atoms with Crippen LogP contribution < -0.4 is 5.32 Å². The fourth-order valence-electron chi connectivity index (χ4n) is 3.27. The van der Waals surface area contributed by atoms with Gasteiger partial charge in [-0.15, -0.1) is 0 Å². The van der Waals surface area contributed by atoms with Crippen molar-refractivity contribution >= 4 is 11.7 Å². The Balaban J connectivity index is 1.83. The molecule has 6 heteroatoms. The summed E-state index contributed by atoms with van der Waals surface area (Å²) in [5.74, 6) is -1.91. The lowest BCUT2D eigenvalue weighted by atomic mass is 9.94. The summed E-state index contributed by atoms with van der Waals surface area (Å²) >= 11 is 0. The number of nitrogens with one attached hydrogen (secondary N) is 1. The van der Waals surface area contributed by atoms with Gasteiger partial charge in [-0.1, -0.05) is 0 Å². The van der Waals surface area contributed by atoms with Crippen molar-refractivity contribution in [2.24, 2.45) is 5.92 Å². The summed E-state index contributed by atoms with van der Waals surface area (Å²) in [7, 11) is 1.17. The maximum absolute atomic E-state index is 13.9. The highest BCUT2D eigenvalue weighted by Crippen LogP contribution is 2.30. The Morgan fingerprint density at radius 3 is 2.81 bits per heavy atom. The molecule has 3 atom stereocenters. The molecular weight excluding hydrogens is 278 g/mol. The molecule has 3 unspecified atom stereocenters. The SMILES string of the molecule is COC(=O)c1cc(NC2CCN3CCC2C3)c(F)cc1F. The highest BCUT2D eigenvalue weighted by atomic mass is 19.1. The molecule has 3 rings (SSSR count). The van der Waals surface area contributed by atoms with Crippen molar-refractivity contribution in [1.29, 1.82) is 0 Å². The van der Waals surface area contributed by atoms with Gasteiger partial charge in [0.05, 0.1) is 18.4 Å². The zero-order valence-electron chi connectivity index (χ0n) is 11.9. The van der Waals surface area contributed by atoms with Crippen LogP contribution in [0.15, 0.2) is 12.1 Å². The molecule has 0 aliphatic carbocycles. The first kappa shape index (κ1) is 14.3. The molecule has 1 aromatic rings. The van der Waals surface area contributed by atoms with Gasteiger partial charge in [0.1, 0.15) is 11.6 Å². The minimum atomic E-state index is -0.902. The van der Waals surface area contributed by atoms with Gasteiger partial charge in [0.25, 0.3) is 0 Å². The van der Waals surface area contributed by atoms with Gasteiger partial charge in [0, 0.05) is 25.2 Å². The van der Waals surface area contributed by atoms with Crippen molar-refractivity contribution < 1.29 is 18.3 Å². The minimum Gasteiger partial charge on any atom is -0.465 e. The predicted octanol–water partition coefficient (Wildman–Crippen LogP) is 2.26. The van der Waals surface area contributed by atoms with E-state index in [9.17, 15) is 13.6 Å². The fourth-order valence-corrected chi connectivity index (χ4v) is 3.27. The second kappa shape index (κ2) is 5.60. The van der Waals surface area contributed by atoms with E-state index in [0.29, 0.717) is 5.92 Å². The van der Waals surface area contributed by atoms with E-state index in [4.69, 9.17) is 0 Å². The van der Waals surface area contributed by atoms with Crippen molar-refractivity contribution in [3.8, 4) is 0 Å². The van der Waals surface area contributed by atoms with Gasteiger partial charge in [-0.25, -0.2) is 13.6 Å². The number of carbonyl (C=O) groups is 1. The molecule has 2 aliphatic heterocycles. The average molecular weight is 296 g/mol. The molecule has 2 heterocycles. The lowest BCUT2D eigenvalue weighted by Crippen LogP contribution is -2.39. The Kier molecular flexibility index (Phi) is 3.80. The van der Waals surface area contributed by atoms with Crippen molar-refractivity contribution in [3.05, 3.63) is 29.3 Å². The van der Waals surface area contributed by atoms with Crippen LogP contribution in [0.1, 0.15) is 23.2 Å². The van der Waals surface area contributed by atoms with Crippen LogP contribution in [0.5, 0.6) is 0 Å². The number of carbonyl (C=O) groups excluding carboxylic acids is 1. The normalized spacial score (nSPS) is 27.5. The van der Waals surface area contributed by atoms with Crippen LogP contribution in [0.3, 0.4) is 0 Å². The molecule has 0 amide bonds. The van der Waals surface area contributed by atoms with E-state index < -0.39 is 17.6 Å². The molecule has 0 spiro atoms. The third kappa shape index (κ3) is 2.72. The second-order valence-electron chi connectivity index (χ2n) is 5.69. The van der Waals surface area contributed by atoms with E-state index in [1.54, 1.807) is 0 Å². The maximum atomic E-state index is 13.9. The quantitative estimate of drug-likeness (QED) is 0.869. The van der Waals surface area contributed by atoms with Gasteiger partial charge in [0.2, 0.25) is 0 Å². The molecule has 114 valence electrons. The molecule has 4 nitrogen and oxygen atoms in total. The zero-order valence-corrected chi connectivity index (χ0v) is 11.9. The summed E-state index contributed by atoms with van der Waals surface area (Å²) in [4.78, 5) is 13.9. The summed E-state index contributed by atoms with van der Waals surface area (Å²) in [5, 5.41) is 3.15. The van der Waals surface area contributed by atoms with Crippen molar-refractivity contribution in [1.82, 2.24) is 4.90 Å². The third-order valence-corrected chi connectivity index (χ3v) is 4.44. The van der Waals surface area contributed by atoms with Gasteiger partial charge >= 0.3 is 5.97 Å². The second-order valence-corrected chi connectivity index (χ2v) is 5.69. The summed E-state index contributed by atoms with van der Waals surface area (Å²) in [6.45, 7) is 3.09. The molecule has 21 heavy (non-hydrogen) atoms. The van der Waals surface area contributed by atoms with Crippen molar-refractivity contribution in [2.45, 2.75) is 18.9 Å². The fraction of sp³-hybridized carbons (Fsp3) is 0.533. The van der Waals surface area contributed by atoms with Crippen LogP contribution in [0.2, 0.25) is 0 Å². The van der Waals surface area contributed by atoms with Crippen LogP contribution in [0, 0.1) is 17.6 Å². The summed E-state index contributed by atoms with van der Waals surface area (Å²) in [6, 6.07) is 2.10. The van der Waals surface area contributed by atoms with Crippen molar-refractivity contribution in [2.75, 3.05) is 32.1 Å². The van der Waals surface area contributed by atoms with Crippen LogP contribution >= 0.6 is 0 Å². The van der Waals surface area contributed by atoms with Gasteiger partial charge in [-0.3, -0.25) is 0 Å². The Bertz CT molecular complexity index is 565. The van der Waals surface area contributed by atoms with Crippen LogP contribution in [0.4, 0.5) is 14.5 Å². The summed E-state index contributed by atoms with van der Waals surface area (Å²) in [5.41, 5.74) is -0.0765. The van der Waals surface area contributed by atoms with E-state index in [1.807, 2.05) is 0 Å². The van der Waals surface area contributed by atoms with Crippen LogP contribution in [-0.2, 0) is 4.74 Å². The number of halogens is 2. The molecule has 0 aromatic heterocycles. The topological polar surface area (TPSA) is 41.6 Å². The average Bonchev–Trinajstić information content (AvgIpc) is 2.86. The van der Waals surface area contributed by atoms with E-state index in [0.717, 1.165) is 38.5 Å². The van der Waals surface area contributed by atoms with Crippen molar-refractivity contribution in [3.63, 3.8) is 0 Å². The molecule has 2 saturated heterocycles. The Hall–Kier alpha value is -1.69. The number of hydrogen-bond donors (Lipinski definition) is 1. The first-order valence-corrected chi connectivity index (χ1v) is 7.14. The lowest BCUT2D eigenvalue weighted by molar-refractivity contribution is 0.0595. The third-order valence-electron chi connectivity index (χ3n) is 4.44. The zero-order chi connectivity index (χ0) is 15.0. The predicted molar refractivity (Wildman–Crippen MR) is 74.3 cm³/mol. The molecule has 1 N–H and O–H groups in total. The number of fused-ring (bicyclic) bond motifs is 2. The van der Waals surface area contributed by atoms with Gasteiger partial charge in [-0.05, 0) is 31.4 Å². The molecule has 1 aromatic carbocycles. The minimum absolute atomic E-state index is 0.161. The van der Waals surface area contributed by atoms with Gasteiger partial charge < -0.3 is 15.0 Å². The molecule has 2 bridgehead atoms. The van der Waals surface area contributed by atoms with E-state index in [1.165, 1.54) is 13.2 Å². The maximum Gasteiger partial charge on any atom is 0.340 e. The van der Waals surface area contributed by atoms with Crippen LogP contribution in [-0.4, -0.2) is 43.7 Å². The molecular formula is C15H18F2N2O2. The number of benzene rings is 1. The van der Waals surface area contributed by atoms with E-state index >= 15 is 0 Å². The highest BCUT2D eigenvalue weighted by Gasteiger charge is 2.34. The lowest BCUT2D eigenvalue weighted by Gasteiger charge is -2.31. The first-order chi connectivity index (χ1) is 10.1. The summed E-state index contributed by atoms with van der Waals surface area (Å²) in [6.07, 6.45) is 2.01. The Morgan fingerprint density at radius 1 is 1.29 bits per heavy atom. The van der Waals surface area contributed by atoms with Gasteiger partial charge in [-0.2, -0.15) is 0 Å². The molecule has 2 aliphatic rings. The monoisotopic (exact) mass is 296 g/mol. The van der Waals surface area contributed by atoms with E-state index in [2.05, 4.69) is 15.0 Å². The Labute approximate surface area is 122 Å². The highest BCUT2D eigenvalue weighted by molar-refractivity contribution is 5.90. The number of anilines is 1. The molecule has 0 radical (unpaired) electrons. The number of esters is 1. The van der Waals surface area contributed by atoms with Gasteiger partial charge in [0.15, 0.2) is 0 Å². The number of ether oxygens (including phenoxy) is 1. The number of nitrogens with zero attached hydrogens (tertiary/aromatic N) is 1. The summed E-state index contributed by atoms with van der Waals surface area (Å²) < 4.78 is 32.1. The van der Waals surface area contributed by atoms with E-state index in [-0.39, 0.29) is 17.3 Å². The largest absolute Gasteiger partial charge is 0.465 e. The number of methoxy groups -OCH3 is 1. The molecule has 0 saturated carbocycles. The number of rotatable bonds is 3. The molecule has 2 fully saturated rings. The first-order valence-electron chi connectivity index (χ1n) is 7.14. The van der Waals surface area contributed by atoms with Crippen LogP contribution in [0.25, 0.3) is 0 Å². The Morgan fingerprint density at radius 2 is 2.05 bits per heavy atom. The smallest absolute Gasteiger partial charge is 0.340 e. The standard InChI is InChI=1S/C15H18F2N2O2/c1-21-15(20)10-6-14(12(17)7-11(10)16)18-13-3-5-19-4-2-9(13)8-19/h6-7,9,13,18H,2-5,8H2,1H3.